The number of H-pyrrole nitrogens is 1. The standard InChI is InChI=1S/C11H13N3OS/c1-11(2,12)10-13-7(6-9(15)14-10)8-4-3-5-16-8/h3-6H,12H2,1-2H3,(H,13,14,15). The molecule has 0 radical (unpaired) electrons. The molecule has 0 fully saturated rings. The van der Waals surface area contributed by atoms with Crippen LogP contribution in [0.1, 0.15) is 19.7 Å². The highest BCUT2D eigenvalue weighted by atomic mass is 32.1. The van der Waals surface area contributed by atoms with Crippen LogP contribution in [-0.2, 0) is 5.54 Å². The third kappa shape index (κ3) is 2.20. The smallest absolute Gasteiger partial charge is 0.251 e. The van der Waals surface area contributed by atoms with Crippen LogP contribution in [0.3, 0.4) is 0 Å². The Labute approximate surface area is 97.2 Å². The number of rotatable bonds is 2. The lowest BCUT2D eigenvalue weighted by Crippen LogP contribution is -2.33. The number of aromatic nitrogens is 2. The molecule has 0 atom stereocenters. The second-order valence-corrected chi connectivity index (χ2v) is 5.13. The zero-order valence-electron chi connectivity index (χ0n) is 9.15. The van der Waals surface area contributed by atoms with Gasteiger partial charge in [-0.3, -0.25) is 4.79 Å². The summed E-state index contributed by atoms with van der Waals surface area (Å²) in [6, 6.07) is 5.34. The van der Waals surface area contributed by atoms with E-state index in [9.17, 15) is 4.79 Å². The Hall–Kier alpha value is -1.46. The van der Waals surface area contributed by atoms with Crippen molar-refractivity contribution in [2.24, 2.45) is 5.73 Å². The number of nitrogens with one attached hydrogen (secondary N) is 1. The van der Waals surface area contributed by atoms with Crippen LogP contribution in [-0.4, -0.2) is 9.97 Å². The summed E-state index contributed by atoms with van der Waals surface area (Å²) in [6.45, 7) is 3.62. The van der Waals surface area contributed by atoms with Crippen molar-refractivity contribution in [2.75, 3.05) is 0 Å². The van der Waals surface area contributed by atoms with Gasteiger partial charge in [0, 0.05) is 6.07 Å². The van der Waals surface area contributed by atoms with Crippen LogP contribution < -0.4 is 11.3 Å². The molecule has 0 saturated heterocycles. The number of nitrogens with two attached hydrogens (primary N) is 1. The third-order valence-electron chi connectivity index (χ3n) is 2.13. The lowest BCUT2D eigenvalue weighted by molar-refractivity contribution is 0.512. The average Bonchev–Trinajstić information content (AvgIpc) is 2.68. The van der Waals surface area contributed by atoms with Gasteiger partial charge in [0.25, 0.3) is 5.56 Å². The van der Waals surface area contributed by atoms with Crippen LogP contribution in [0.2, 0.25) is 0 Å². The normalized spacial score (nSPS) is 11.7. The lowest BCUT2D eigenvalue weighted by Gasteiger charge is -2.17. The number of nitrogens with zero attached hydrogens (tertiary/aromatic N) is 1. The van der Waals surface area contributed by atoms with Gasteiger partial charge >= 0.3 is 0 Å². The molecule has 2 rings (SSSR count). The Morgan fingerprint density at radius 2 is 2.25 bits per heavy atom. The van der Waals surface area contributed by atoms with Crippen molar-refractivity contribution >= 4 is 11.3 Å². The molecular weight excluding hydrogens is 222 g/mol. The predicted octanol–water partition coefficient (Wildman–Crippen LogP) is 1.69. The van der Waals surface area contributed by atoms with Gasteiger partial charge in [0.1, 0.15) is 5.82 Å². The van der Waals surface area contributed by atoms with E-state index in [2.05, 4.69) is 9.97 Å². The molecule has 0 unspecified atom stereocenters. The first-order valence-electron chi connectivity index (χ1n) is 4.91. The van der Waals surface area contributed by atoms with E-state index in [1.165, 1.54) is 6.07 Å². The van der Waals surface area contributed by atoms with E-state index in [4.69, 9.17) is 5.73 Å². The highest BCUT2D eigenvalue weighted by Crippen LogP contribution is 2.22. The van der Waals surface area contributed by atoms with Crippen molar-refractivity contribution in [1.29, 1.82) is 0 Å². The van der Waals surface area contributed by atoms with Crippen molar-refractivity contribution in [3.63, 3.8) is 0 Å². The number of aromatic amines is 1. The van der Waals surface area contributed by atoms with Crippen molar-refractivity contribution in [3.8, 4) is 10.6 Å². The minimum atomic E-state index is -0.646. The number of thiophene rings is 1. The summed E-state index contributed by atoms with van der Waals surface area (Å²) in [5.74, 6) is 0.503. The quantitative estimate of drug-likeness (QED) is 0.832. The molecule has 16 heavy (non-hydrogen) atoms. The summed E-state index contributed by atoms with van der Waals surface area (Å²) in [7, 11) is 0. The van der Waals surface area contributed by atoms with Gasteiger partial charge in [-0.1, -0.05) is 6.07 Å². The first-order chi connectivity index (χ1) is 7.47. The summed E-state index contributed by atoms with van der Waals surface area (Å²) >= 11 is 1.55. The molecule has 0 aliphatic heterocycles. The highest BCUT2D eigenvalue weighted by molar-refractivity contribution is 7.13. The maximum Gasteiger partial charge on any atom is 0.251 e. The fourth-order valence-electron chi connectivity index (χ4n) is 1.31. The second-order valence-electron chi connectivity index (χ2n) is 4.18. The van der Waals surface area contributed by atoms with Crippen LogP contribution in [0.5, 0.6) is 0 Å². The largest absolute Gasteiger partial charge is 0.319 e. The Bertz CT molecular complexity index is 537. The van der Waals surface area contributed by atoms with Gasteiger partial charge < -0.3 is 10.7 Å². The van der Waals surface area contributed by atoms with Crippen LogP contribution in [0.25, 0.3) is 10.6 Å². The second kappa shape index (κ2) is 3.84. The van der Waals surface area contributed by atoms with Gasteiger partial charge in [-0.15, -0.1) is 11.3 Å². The Morgan fingerprint density at radius 3 is 2.81 bits per heavy atom. The van der Waals surface area contributed by atoms with Crippen molar-refractivity contribution in [2.45, 2.75) is 19.4 Å². The molecule has 0 bridgehead atoms. The van der Waals surface area contributed by atoms with Crippen molar-refractivity contribution in [3.05, 3.63) is 39.8 Å². The van der Waals surface area contributed by atoms with E-state index in [0.717, 1.165) is 4.88 Å². The van der Waals surface area contributed by atoms with Gasteiger partial charge in [-0.05, 0) is 25.3 Å². The van der Waals surface area contributed by atoms with Crippen LogP contribution in [0.15, 0.2) is 28.4 Å². The van der Waals surface area contributed by atoms with Crippen LogP contribution >= 0.6 is 11.3 Å². The number of hydrogen-bond acceptors (Lipinski definition) is 4. The molecular formula is C11H13N3OS. The predicted molar refractivity (Wildman–Crippen MR) is 65.4 cm³/mol. The van der Waals surface area contributed by atoms with Crippen LogP contribution in [0, 0.1) is 0 Å². The first-order valence-corrected chi connectivity index (χ1v) is 5.79. The molecule has 2 aromatic heterocycles. The SMILES string of the molecule is CC(C)(N)c1nc(-c2cccs2)cc(=O)[nH]1. The Morgan fingerprint density at radius 1 is 1.50 bits per heavy atom. The molecule has 2 aromatic rings. The minimum absolute atomic E-state index is 0.174. The molecule has 0 spiro atoms. The fraction of sp³-hybridized carbons (Fsp3) is 0.273. The van der Waals surface area contributed by atoms with E-state index in [0.29, 0.717) is 11.5 Å². The highest BCUT2D eigenvalue weighted by Gasteiger charge is 2.18. The maximum absolute atomic E-state index is 11.5. The van der Waals surface area contributed by atoms with E-state index in [1.54, 1.807) is 11.3 Å². The molecule has 0 aliphatic carbocycles. The zero-order valence-corrected chi connectivity index (χ0v) is 9.97. The molecule has 84 valence electrons. The fourth-order valence-corrected chi connectivity index (χ4v) is 2.00. The monoisotopic (exact) mass is 235 g/mol. The molecule has 0 amide bonds. The summed E-state index contributed by atoms with van der Waals surface area (Å²) in [5, 5.41) is 1.95. The Balaban J connectivity index is 2.57. The van der Waals surface area contributed by atoms with Crippen molar-refractivity contribution in [1.82, 2.24) is 9.97 Å². The summed E-state index contributed by atoms with van der Waals surface area (Å²) in [5.41, 5.74) is 5.77. The van der Waals surface area contributed by atoms with E-state index in [-0.39, 0.29) is 5.56 Å². The molecule has 3 N–H and O–H groups in total. The van der Waals surface area contributed by atoms with E-state index in [1.807, 2.05) is 31.4 Å². The van der Waals surface area contributed by atoms with E-state index >= 15 is 0 Å². The van der Waals surface area contributed by atoms with Gasteiger partial charge in [-0.2, -0.15) is 0 Å². The summed E-state index contributed by atoms with van der Waals surface area (Å²) in [4.78, 5) is 19.5. The summed E-state index contributed by atoms with van der Waals surface area (Å²) < 4.78 is 0. The van der Waals surface area contributed by atoms with E-state index < -0.39 is 5.54 Å². The Kier molecular flexibility index (Phi) is 2.65. The van der Waals surface area contributed by atoms with Gasteiger partial charge in [0.2, 0.25) is 0 Å². The van der Waals surface area contributed by atoms with Gasteiger partial charge in [0.05, 0.1) is 16.1 Å². The minimum Gasteiger partial charge on any atom is -0.319 e. The molecule has 4 nitrogen and oxygen atoms in total. The van der Waals surface area contributed by atoms with Gasteiger partial charge in [-0.25, -0.2) is 4.98 Å². The summed E-state index contributed by atoms with van der Waals surface area (Å²) in [6.07, 6.45) is 0. The first kappa shape index (κ1) is 11.0. The lowest BCUT2D eigenvalue weighted by atomic mass is 10.1. The topological polar surface area (TPSA) is 71.8 Å². The third-order valence-corrected chi connectivity index (χ3v) is 3.02. The number of hydrogen-bond donors (Lipinski definition) is 2. The average molecular weight is 235 g/mol. The van der Waals surface area contributed by atoms with Gasteiger partial charge in [0.15, 0.2) is 0 Å². The molecule has 0 aromatic carbocycles. The maximum atomic E-state index is 11.5. The zero-order chi connectivity index (χ0) is 11.8. The van der Waals surface area contributed by atoms with Crippen molar-refractivity contribution < 1.29 is 0 Å². The van der Waals surface area contributed by atoms with Crippen LogP contribution in [0.4, 0.5) is 0 Å². The molecule has 0 saturated carbocycles. The molecule has 2 heterocycles. The molecule has 0 aliphatic rings. The molecule has 5 heteroatoms.